The van der Waals surface area contributed by atoms with E-state index in [2.05, 4.69) is 41.4 Å². The van der Waals surface area contributed by atoms with Crippen molar-refractivity contribution in [1.29, 1.82) is 0 Å². The Bertz CT molecular complexity index is 1350. The SMILES string of the molecule is CC(C)(C)n1ccc(C(=O)NCC(=O)Nc2nc(-c3cccc(-c4ccnc(CN)c4)c3)cs2)c1. The van der Waals surface area contributed by atoms with Crippen molar-refractivity contribution < 1.29 is 9.59 Å². The molecule has 0 aliphatic rings. The lowest BCUT2D eigenvalue weighted by Crippen LogP contribution is -2.32. The number of pyridine rings is 1. The second-order valence-electron chi connectivity index (χ2n) is 9.07. The first-order chi connectivity index (χ1) is 16.7. The van der Waals surface area contributed by atoms with E-state index >= 15 is 0 Å². The molecule has 1 aromatic carbocycles. The van der Waals surface area contributed by atoms with Crippen molar-refractivity contribution in [2.24, 2.45) is 5.73 Å². The number of thiazole rings is 1. The Morgan fingerprint density at radius 1 is 1.09 bits per heavy atom. The van der Waals surface area contributed by atoms with E-state index in [0.29, 0.717) is 17.2 Å². The number of carbonyl (C=O) groups is 2. The Labute approximate surface area is 208 Å². The molecule has 0 radical (unpaired) electrons. The number of aromatic nitrogens is 3. The van der Waals surface area contributed by atoms with Gasteiger partial charge in [0.15, 0.2) is 5.13 Å². The van der Waals surface area contributed by atoms with Crippen LogP contribution in [0.25, 0.3) is 22.4 Å². The number of hydrogen-bond donors (Lipinski definition) is 3. The second-order valence-corrected chi connectivity index (χ2v) is 9.93. The summed E-state index contributed by atoms with van der Waals surface area (Å²) in [5, 5.41) is 7.77. The molecule has 35 heavy (non-hydrogen) atoms. The van der Waals surface area contributed by atoms with E-state index in [1.807, 2.05) is 52.5 Å². The van der Waals surface area contributed by atoms with Gasteiger partial charge in [0.2, 0.25) is 5.91 Å². The summed E-state index contributed by atoms with van der Waals surface area (Å²) in [5.74, 6) is -0.636. The van der Waals surface area contributed by atoms with E-state index in [1.165, 1.54) is 11.3 Å². The monoisotopic (exact) mass is 488 g/mol. The van der Waals surface area contributed by atoms with E-state index in [4.69, 9.17) is 5.73 Å². The van der Waals surface area contributed by atoms with Gasteiger partial charge in [0, 0.05) is 41.6 Å². The van der Waals surface area contributed by atoms with Gasteiger partial charge < -0.3 is 20.9 Å². The highest BCUT2D eigenvalue weighted by molar-refractivity contribution is 7.14. The molecule has 4 rings (SSSR count). The summed E-state index contributed by atoms with van der Waals surface area (Å²) >= 11 is 1.33. The molecule has 0 aliphatic carbocycles. The first kappa shape index (κ1) is 24.3. The molecule has 0 fully saturated rings. The van der Waals surface area contributed by atoms with Crippen molar-refractivity contribution in [3.63, 3.8) is 0 Å². The molecule has 3 heterocycles. The van der Waals surface area contributed by atoms with Crippen LogP contribution in [0, 0.1) is 0 Å². The summed E-state index contributed by atoms with van der Waals surface area (Å²) in [6.07, 6.45) is 5.38. The third kappa shape index (κ3) is 6.00. The van der Waals surface area contributed by atoms with Crippen LogP contribution in [-0.2, 0) is 16.9 Å². The number of carbonyl (C=O) groups excluding carboxylic acids is 2. The molecule has 0 saturated heterocycles. The van der Waals surface area contributed by atoms with Crippen LogP contribution in [0.2, 0.25) is 0 Å². The van der Waals surface area contributed by atoms with Crippen LogP contribution in [0.1, 0.15) is 36.8 Å². The van der Waals surface area contributed by atoms with Gasteiger partial charge in [-0.15, -0.1) is 11.3 Å². The van der Waals surface area contributed by atoms with Crippen molar-refractivity contribution in [2.75, 3.05) is 11.9 Å². The Morgan fingerprint density at radius 2 is 1.86 bits per heavy atom. The number of benzene rings is 1. The number of nitrogens with two attached hydrogens (primary N) is 1. The van der Waals surface area contributed by atoms with Gasteiger partial charge in [-0.2, -0.15) is 0 Å². The zero-order valence-electron chi connectivity index (χ0n) is 19.9. The fourth-order valence-electron chi connectivity index (χ4n) is 3.47. The molecule has 180 valence electrons. The molecule has 9 heteroatoms. The Hall–Kier alpha value is -3.82. The summed E-state index contributed by atoms with van der Waals surface area (Å²) in [4.78, 5) is 33.6. The molecule has 4 aromatic rings. The zero-order chi connectivity index (χ0) is 25.0. The summed E-state index contributed by atoms with van der Waals surface area (Å²) in [6.45, 7) is 6.40. The van der Waals surface area contributed by atoms with Gasteiger partial charge in [-0.25, -0.2) is 4.98 Å². The Morgan fingerprint density at radius 3 is 2.60 bits per heavy atom. The molecule has 8 nitrogen and oxygen atoms in total. The molecule has 0 unspecified atom stereocenters. The van der Waals surface area contributed by atoms with Gasteiger partial charge in [-0.05, 0) is 56.2 Å². The summed E-state index contributed by atoms with van der Waals surface area (Å²) in [7, 11) is 0. The highest BCUT2D eigenvalue weighted by atomic mass is 32.1. The molecule has 0 bridgehead atoms. The van der Waals surface area contributed by atoms with Crippen LogP contribution in [0.15, 0.2) is 66.4 Å². The molecule has 2 amide bonds. The quantitative estimate of drug-likeness (QED) is 0.360. The smallest absolute Gasteiger partial charge is 0.253 e. The van der Waals surface area contributed by atoms with Crippen LogP contribution in [0.5, 0.6) is 0 Å². The topological polar surface area (TPSA) is 115 Å². The van der Waals surface area contributed by atoms with Crippen LogP contribution >= 0.6 is 11.3 Å². The van der Waals surface area contributed by atoms with Gasteiger partial charge in [-0.1, -0.05) is 18.2 Å². The van der Waals surface area contributed by atoms with Gasteiger partial charge in [0.1, 0.15) is 0 Å². The van der Waals surface area contributed by atoms with E-state index < -0.39 is 0 Å². The number of rotatable bonds is 7. The number of nitrogens with zero attached hydrogens (tertiary/aromatic N) is 3. The molecule has 4 N–H and O–H groups in total. The molecule has 0 aliphatic heterocycles. The number of amides is 2. The highest BCUT2D eigenvalue weighted by Crippen LogP contribution is 2.29. The fourth-order valence-corrected chi connectivity index (χ4v) is 4.20. The Balaban J connectivity index is 1.37. The molecular formula is C26H28N6O2S. The maximum absolute atomic E-state index is 12.4. The summed E-state index contributed by atoms with van der Waals surface area (Å²) in [5.41, 5.74) is 10.7. The largest absolute Gasteiger partial charge is 0.348 e. The van der Waals surface area contributed by atoms with Crippen molar-refractivity contribution in [3.05, 3.63) is 77.7 Å². The van der Waals surface area contributed by atoms with Crippen molar-refractivity contribution in [1.82, 2.24) is 19.9 Å². The lowest BCUT2D eigenvalue weighted by molar-refractivity contribution is -0.115. The van der Waals surface area contributed by atoms with E-state index in [1.54, 1.807) is 18.5 Å². The highest BCUT2D eigenvalue weighted by Gasteiger charge is 2.16. The minimum Gasteiger partial charge on any atom is -0.348 e. The van der Waals surface area contributed by atoms with Crippen molar-refractivity contribution in [3.8, 4) is 22.4 Å². The van der Waals surface area contributed by atoms with Crippen molar-refractivity contribution in [2.45, 2.75) is 32.9 Å². The maximum Gasteiger partial charge on any atom is 0.253 e. The standard InChI is InChI=1S/C26H28N6O2S/c1-26(2,3)32-10-8-20(15-32)24(34)29-14-23(33)31-25-30-22(16-35-25)19-6-4-5-17(11-19)18-7-9-28-21(12-18)13-27/h4-12,15-16H,13-14,27H2,1-3H3,(H,29,34)(H,30,31,33). The predicted octanol–water partition coefficient (Wildman–Crippen LogP) is 4.26. The third-order valence-electron chi connectivity index (χ3n) is 5.41. The molecule has 0 spiro atoms. The van der Waals surface area contributed by atoms with E-state index in [9.17, 15) is 9.59 Å². The lowest BCUT2D eigenvalue weighted by Gasteiger charge is -2.20. The normalized spacial score (nSPS) is 11.3. The van der Waals surface area contributed by atoms with E-state index in [-0.39, 0.29) is 23.9 Å². The zero-order valence-corrected chi connectivity index (χ0v) is 20.7. The minimum atomic E-state index is -0.339. The molecular weight excluding hydrogens is 460 g/mol. The number of hydrogen-bond acceptors (Lipinski definition) is 6. The summed E-state index contributed by atoms with van der Waals surface area (Å²) in [6, 6.07) is 13.6. The lowest BCUT2D eigenvalue weighted by atomic mass is 10.0. The van der Waals surface area contributed by atoms with Gasteiger partial charge in [-0.3, -0.25) is 14.6 Å². The minimum absolute atomic E-state index is 0.121. The number of nitrogens with one attached hydrogen (secondary N) is 2. The van der Waals surface area contributed by atoms with Crippen molar-refractivity contribution >= 4 is 28.3 Å². The van der Waals surface area contributed by atoms with Gasteiger partial charge in [0.05, 0.1) is 23.5 Å². The molecule has 3 aromatic heterocycles. The van der Waals surface area contributed by atoms with Crippen LogP contribution in [-0.4, -0.2) is 32.9 Å². The number of anilines is 1. The Kier molecular flexibility index (Phi) is 7.09. The summed E-state index contributed by atoms with van der Waals surface area (Å²) < 4.78 is 1.96. The molecule has 0 atom stereocenters. The maximum atomic E-state index is 12.4. The second kappa shape index (κ2) is 10.2. The van der Waals surface area contributed by atoms with E-state index in [0.717, 1.165) is 28.1 Å². The first-order valence-corrected chi connectivity index (χ1v) is 12.1. The first-order valence-electron chi connectivity index (χ1n) is 11.2. The third-order valence-corrected chi connectivity index (χ3v) is 6.16. The molecule has 0 saturated carbocycles. The average Bonchev–Trinajstić information content (AvgIpc) is 3.53. The van der Waals surface area contributed by atoms with Crippen LogP contribution in [0.3, 0.4) is 0 Å². The average molecular weight is 489 g/mol. The van der Waals surface area contributed by atoms with Gasteiger partial charge in [0.25, 0.3) is 5.91 Å². The van der Waals surface area contributed by atoms with Crippen LogP contribution in [0.4, 0.5) is 5.13 Å². The fraction of sp³-hybridized carbons (Fsp3) is 0.231. The predicted molar refractivity (Wildman–Crippen MR) is 139 cm³/mol. The van der Waals surface area contributed by atoms with Gasteiger partial charge >= 0.3 is 0 Å². The van der Waals surface area contributed by atoms with Crippen LogP contribution < -0.4 is 16.4 Å².